The Kier molecular flexibility index (Phi) is 8.65. The van der Waals surface area contributed by atoms with Crippen LogP contribution in [0.25, 0.3) is 0 Å². The minimum absolute atomic E-state index is 0.0287. The van der Waals surface area contributed by atoms with Crippen LogP contribution in [-0.2, 0) is 24.3 Å². The second-order valence-corrected chi connectivity index (χ2v) is 9.73. The van der Waals surface area contributed by atoms with E-state index in [0.29, 0.717) is 16.5 Å². The van der Waals surface area contributed by atoms with Crippen molar-refractivity contribution in [3.05, 3.63) is 52.5 Å². The summed E-state index contributed by atoms with van der Waals surface area (Å²) in [5.41, 5.74) is 2.14. The fourth-order valence-electron chi connectivity index (χ4n) is 2.92. The molecule has 32 heavy (non-hydrogen) atoms. The molecule has 0 aliphatic rings. The number of esters is 1. The van der Waals surface area contributed by atoms with E-state index in [9.17, 15) is 18.0 Å². The summed E-state index contributed by atoms with van der Waals surface area (Å²) in [7, 11) is -2.53. The number of carbonyl (C=O) groups is 2. The van der Waals surface area contributed by atoms with E-state index in [2.05, 4.69) is 10.0 Å². The molecule has 0 fully saturated rings. The Morgan fingerprint density at radius 1 is 1.09 bits per heavy atom. The van der Waals surface area contributed by atoms with Gasteiger partial charge in [0, 0.05) is 0 Å². The molecule has 0 saturated heterocycles. The Bertz CT molecular complexity index is 1060. The van der Waals surface area contributed by atoms with Gasteiger partial charge in [-0.05, 0) is 61.2 Å². The molecule has 0 spiro atoms. The molecule has 10 heteroatoms. The molecule has 174 valence electrons. The molecule has 0 aromatic heterocycles. The Morgan fingerprint density at radius 3 is 2.25 bits per heavy atom. The molecule has 0 heterocycles. The van der Waals surface area contributed by atoms with Crippen LogP contribution in [0, 0.1) is 19.8 Å². The predicted molar refractivity (Wildman–Crippen MR) is 122 cm³/mol. The van der Waals surface area contributed by atoms with Gasteiger partial charge in [0.2, 0.25) is 10.0 Å². The summed E-state index contributed by atoms with van der Waals surface area (Å²) in [6.07, 6.45) is 0. The molecule has 8 nitrogen and oxygen atoms in total. The molecular weight excluding hydrogens is 456 g/mol. The largest absolute Gasteiger partial charge is 0.497 e. The molecule has 2 rings (SSSR count). The summed E-state index contributed by atoms with van der Waals surface area (Å²) < 4.78 is 37.8. The van der Waals surface area contributed by atoms with Crippen LogP contribution in [0.15, 0.2) is 41.3 Å². The quantitative estimate of drug-likeness (QED) is 0.529. The first-order valence-corrected chi connectivity index (χ1v) is 11.7. The monoisotopic (exact) mass is 482 g/mol. The molecule has 0 radical (unpaired) electrons. The van der Waals surface area contributed by atoms with Gasteiger partial charge in [-0.25, -0.2) is 8.42 Å². The average molecular weight is 483 g/mol. The molecule has 2 N–H and O–H groups in total. The van der Waals surface area contributed by atoms with Crippen LogP contribution >= 0.6 is 11.6 Å². The predicted octanol–water partition coefficient (Wildman–Crippen LogP) is 3.45. The van der Waals surface area contributed by atoms with Gasteiger partial charge in [0.05, 0.1) is 22.7 Å². The van der Waals surface area contributed by atoms with E-state index in [-0.39, 0.29) is 4.90 Å². The van der Waals surface area contributed by atoms with Crippen molar-refractivity contribution in [2.45, 2.75) is 38.6 Å². The molecule has 0 bridgehead atoms. The summed E-state index contributed by atoms with van der Waals surface area (Å²) in [5.74, 6) is -1.38. The summed E-state index contributed by atoms with van der Waals surface area (Å²) in [6.45, 7) is 6.42. The normalized spacial score (nSPS) is 12.3. The number of carbonyl (C=O) groups excluding carboxylic acids is 2. The lowest BCUT2D eigenvalue weighted by molar-refractivity contribution is -0.150. The van der Waals surface area contributed by atoms with Crippen LogP contribution in [0.3, 0.4) is 0 Å². The topological polar surface area (TPSA) is 111 Å². The molecule has 0 aliphatic carbocycles. The fraction of sp³-hybridized carbons (Fsp3) is 0.364. The van der Waals surface area contributed by atoms with Gasteiger partial charge in [-0.2, -0.15) is 4.72 Å². The van der Waals surface area contributed by atoms with E-state index >= 15 is 0 Å². The average Bonchev–Trinajstić information content (AvgIpc) is 2.72. The molecule has 1 amide bonds. The van der Waals surface area contributed by atoms with Crippen LogP contribution in [0.4, 0.5) is 5.69 Å². The van der Waals surface area contributed by atoms with Crippen molar-refractivity contribution in [2.24, 2.45) is 5.92 Å². The van der Waals surface area contributed by atoms with E-state index in [1.165, 1.54) is 31.4 Å². The van der Waals surface area contributed by atoms with E-state index in [4.69, 9.17) is 21.1 Å². The summed E-state index contributed by atoms with van der Waals surface area (Å²) >= 11 is 6.18. The van der Waals surface area contributed by atoms with Gasteiger partial charge in [0.15, 0.2) is 6.61 Å². The second-order valence-electron chi connectivity index (χ2n) is 7.61. The van der Waals surface area contributed by atoms with Crippen molar-refractivity contribution < 1.29 is 27.5 Å². The number of halogens is 1. The number of benzene rings is 2. The fourth-order valence-corrected chi connectivity index (χ4v) is 4.62. The molecular formula is C22H27ClN2O6S. The maximum absolute atomic E-state index is 12.7. The minimum Gasteiger partial charge on any atom is -0.497 e. The number of sulfonamides is 1. The number of amides is 1. The lowest BCUT2D eigenvalue weighted by atomic mass is 10.1. The third-order valence-corrected chi connectivity index (χ3v) is 6.37. The third kappa shape index (κ3) is 6.69. The van der Waals surface area contributed by atoms with Crippen LogP contribution in [-0.4, -0.2) is 40.1 Å². The first kappa shape index (κ1) is 25.6. The van der Waals surface area contributed by atoms with Crippen LogP contribution in [0.5, 0.6) is 5.75 Å². The smallest absolute Gasteiger partial charge is 0.324 e. The lowest BCUT2D eigenvalue weighted by Crippen LogP contribution is -2.45. The Morgan fingerprint density at radius 2 is 1.72 bits per heavy atom. The van der Waals surface area contributed by atoms with Gasteiger partial charge in [-0.3, -0.25) is 9.59 Å². The van der Waals surface area contributed by atoms with Crippen LogP contribution < -0.4 is 14.8 Å². The highest BCUT2D eigenvalue weighted by molar-refractivity contribution is 7.89. The Hall–Kier alpha value is -2.62. The van der Waals surface area contributed by atoms with Gasteiger partial charge in [0.25, 0.3) is 5.91 Å². The highest BCUT2D eigenvalue weighted by atomic mass is 35.5. The summed E-state index contributed by atoms with van der Waals surface area (Å²) in [4.78, 5) is 24.8. The zero-order valence-electron chi connectivity index (χ0n) is 18.6. The van der Waals surface area contributed by atoms with Crippen molar-refractivity contribution in [3.63, 3.8) is 0 Å². The number of methoxy groups -OCH3 is 1. The van der Waals surface area contributed by atoms with E-state index in [1.807, 2.05) is 13.0 Å². The highest BCUT2D eigenvalue weighted by Gasteiger charge is 2.30. The number of rotatable bonds is 9. The van der Waals surface area contributed by atoms with Crippen molar-refractivity contribution in [3.8, 4) is 5.75 Å². The molecule has 2 aromatic rings. The number of aryl methyl sites for hydroxylation is 2. The lowest BCUT2D eigenvalue weighted by Gasteiger charge is -2.21. The molecule has 0 saturated carbocycles. The Balaban J connectivity index is 2.04. The first-order chi connectivity index (χ1) is 14.9. The number of ether oxygens (including phenoxy) is 2. The molecule has 2 aromatic carbocycles. The van der Waals surface area contributed by atoms with Crippen molar-refractivity contribution in [2.75, 3.05) is 19.0 Å². The molecule has 0 unspecified atom stereocenters. The Labute approximate surface area is 193 Å². The van der Waals surface area contributed by atoms with Crippen molar-refractivity contribution in [1.82, 2.24) is 4.72 Å². The SMILES string of the molecule is COc1ccc(S(=O)(=O)N[C@H](C(=O)OCC(=O)Nc2c(C)cc(C)cc2Cl)C(C)C)cc1. The zero-order chi connectivity index (χ0) is 24.1. The number of anilines is 1. The van der Waals surface area contributed by atoms with Gasteiger partial charge in [-0.15, -0.1) is 0 Å². The van der Waals surface area contributed by atoms with Crippen molar-refractivity contribution in [1.29, 1.82) is 0 Å². The second kappa shape index (κ2) is 10.8. The van der Waals surface area contributed by atoms with Gasteiger partial charge in [0.1, 0.15) is 11.8 Å². The van der Waals surface area contributed by atoms with Crippen molar-refractivity contribution >= 4 is 39.2 Å². The number of hydrogen-bond donors (Lipinski definition) is 2. The first-order valence-electron chi connectivity index (χ1n) is 9.84. The van der Waals surface area contributed by atoms with Gasteiger partial charge in [-0.1, -0.05) is 31.5 Å². The highest BCUT2D eigenvalue weighted by Crippen LogP contribution is 2.27. The summed E-state index contributed by atoms with van der Waals surface area (Å²) in [5, 5.41) is 2.99. The van der Waals surface area contributed by atoms with Gasteiger partial charge >= 0.3 is 5.97 Å². The number of hydrogen-bond acceptors (Lipinski definition) is 6. The van der Waals surface area contributed by atoms with E-state index < -0.39 is 40.5 Å². The maximum Gasteiger partial charge on any atom is 0.324 e. The van der Waals surface area contributed by atoms with Crippen LogP contribution in [0.1, 0.15) is 25.0 Å². The number of nitrogens with one attached hydrogen (secondary N) is 2. The van der Waals surface area contributed by atoms with Gasteiger partial charge < -0.3 is 14.8 Å². The third-order valence-electron chi connectivity index (χ3n) is 4.61. The minimum atomic E-state index is -4.00. The maximum atomic E-state index is 12.7. The van der Waals surface area contributed by atoms with E-state index in [0.717, 1.165) is 11.1 Å². The van der Waals surface area contributed by atoms with Crippen LogP contribution in [0.2, 0.25) is 5.02 Å². The standard InChI is InChI=1S/C22H27ClN2O6S/c1-13(2)20(25-32(28,29)17-8-6-16(30-5)7-9-17)22(27)31-12-19(26)24-21-15(4)10-14(3)11-18(21)23/h6-11,13,20,25H,12H2,1-5H3,(H,24,26)/t20-/m0/s1. The molecule has 1 atom stereocenters. The molecule has 0 aliphatic heterocycles. The van der Waals surface area contributed by atoms with E-state index in [1.54, 1.807) is 26.8 Å². The summed E-state index contributed by atoms with van der Waals surface area (Å²) in [6, 6.07) is 8.12. The zero-order valence-corrected chi connectivity index (χ0v) is 20.1.